The minimum Gasteiger partial charge on any atom is -0.507 e. The molecule has 2 aromatic carbocycles. The Morgan fingerprint density at radius 3 is 2.24 bits per heavy atom. The van der Waals surface area contributed by atoms with Gasteiger partial charge in [0.05, 0.1) is 53.0 Å². The number of hydrogen-bond acceptors (Lipinski definition) is 15. The standard InChI is InChI=1S/C46H64N4O12/c1-23(2)22-49-16-18-50(19-17-49)47-21-31-36-41(56)34-33(40(31)55)35-43(29(8)39(34)54)62-46(10,44(35)57)60-20-15-32(59-11)26(5)42(61-30(9)51)28(7)38(53)27(6)37(52)24(3)13-12-14-25(4)45(58)48-36/h12-15,20-21,23-24,26-28,32,37-38,42,52-56H,16-19,22H2,1-11H3,(H,48,58)/b13-12-,20-15-,25-14-,47-21?/t24-,26-,27-,28-,32+,37-,38-,42-,46-/m0/s1. The van der Waals surface area contributed by atoms with Crippen molar-refractivity contribution in [2.24, 2.45) is 34.7 Å². The number of hydrazone groups is 1. The number of ether oxygens (including phenoxy) is 4. The summed E-state index contributed by atoms with van der Waals surface area (Å²) in [4.78, 5) is 43.0. The monoisotopic (exact) mass is 864 g/mol. The Hall–Kier alpha value is -5.16. The van der Waals surface area contributed by atoms with Gasteiger partial charge in [-0.15, -0.1) is 0 Å². The lowest BCUT2D eigenvalue weighted by atomic mass is 9.78. The number of phenolic OH excluding ortho intramolecular Hbond substituents is 3. The van der Waals surface area contributed by atoms with Crippen LogP contribution in [0.2, 0.25) is 0 Å². The van der Waals surface area contributed by atoms with Crippen molar-refractivity contribution in [2.75, 3.05) is 45.2 Å². The number of carbonyl (C=O) groups is 3. The van der Waals surface area contributed by atoms with E-state index in [4.69, 9.17) is 18.9 Å². The molecule has 0 aliphatic carbocycles. The van der Waals surface area contributed by atoms with Gasteiger partial charge in [0, 0.05) is 93.9 Å². The molecule has 4 aliphatic rings. The number of benzene rings is 2. The average Bonchev–Trinajstić information content (AvgIpc) is 3.49. The Bertz CT molecular complexity index is 2140. The summed E-state index contributed by atoms with van der Waals surface area (Å²) in [5.41, 5.74) is -0.335. The maximum Gasteiger partial charge on any atom is 0.312 e. The highest BCUT2D eigenvalue weighted by Gasteiger charge is 2.50. The summed E-state index contributed by atoms with van der Waals surface area (Å²) in [7, 11) is 1.44. The largest absolute Gasteiger partial charge is 0.507 e. The van der Waals surface area contributed by atoms with Gasteiger partial charge in [0.25, 0.3) is 11.7 Å². The summed E-state index contributed by atoms with van der Waals surface area (Å²) in [5, 5.41) is 67.3. The van der Waals surface area contributed by atoms with Crippen LogP contribution in [-0.2, 0) is 23.8 Å². The third-order valence-corrected chi connectivity index (χ3v) is 12.4. The predicted molar refractivity (Wildman–Crippen MR) is 234 cm³/mol. The van der Waals surface area contributed by atoms with E-state index in [1.165, 1.54) is 59.4 Å². The van der Waals surface area contributed by atoms with Crippen LogP contribution in [0.3, 0.4) is 0 Å². The minimum atomic E-state index is -2.05. The lowest BCUT2D eigenvalue weighted by molar-refractivity contribution is -0.160. The summed E-state index contributed by atoms with van der Waals surface area (Å²) >= 11 is 0. The molecule has 0 saturated carbocycles. The van der Waals surface area contributed by atoms with Crippen LogP contribution in [0.15, 0.2) is 41.2 Å². The maximum atomic E-state index is 14.5. The molecule has 16 heteroatoms. The fourth-order valence-corrected chi connectivity index (χ4v) is 8.56. The number of aliphatic hydroxyl groups is 2. The molecule has 0 unspecified atom stereocenters. The molecule has 1 saturated heterocycles. The summed E-state index contributed by atoms with van der Waals surface area (Å²) in [6.07, 6.45) is 4.90. The number of aromatic hydroxyl groups is 3. The molecule has 0 spiro atoms. The van der Waals surface area contributed by atoms with E-state index in [0.717, 1.165) is 19.6 Å². The van der Waals surface area contributed by atoms with E-state index in [1.807, 2.05) is 0 Å². The fraction of sp³-hybridized carbons (Fsp3) is 0.565. The van der Waals surface area contributed by atoms with Crippen molar-refractivity contribution in [3.8, 4) is 23.0 Å². The van der Waals surface area contributed by atoms with Gasteiger partial charge in [-0.25, -0.2) is 0 Å². The lowest BCUT2D eigenvalue weighted by Gasteiger charge is -2.38. The Balaban J connectivity index is 1.68. The molecule has 6 N–H and O–H groups in total. The number of hydrogen-bond donors (Lipinski definition) is 6. The number of piperazine rings is 1. The molecular formula is C46H64N4O12. The van der Waals surface area contributed by atoms with Crippen molar-refractivity contribution in [2.45, 2.75) is 99.4 Å². The van der Waals surface area contributed by atoms with Crippen molar-refractivity contribution >= 4 is 40.3 Å². The average molecular weight is 865 g/mol. The van der Waals surface area contributed by atoms with Gasteiger partial charge in [-0.05, 0) is 25.8 Å². The number of ketones is 1. The number of methoxy groups -OCH3 is 1. The second-order valence-corrected chi connectivity index (χ2v) is 17.5. The molecule has 0 radical (unpaired) electrons. The van der Waals surface area contributed by atoms with E-state index >= 15 is 0 Å². The summed E-state index contributed by atoms with van der Waals surface area (Å²) in [5.74, 6) is -7.85. The van der Waals surface area contributed by atoms with Gasteiger partial charge in [-0.1, -0.05) is 59.8 Å². The predicted octanol–water partition coefficient (Wildman–Crippen LogP) is 5.36. The van der Waals surface area contributed by atoms with Crippen LogP contribution in [0.4, 0.5) is 5.69 Å². The topological polar surface area (TPSA) is 220 Å². The fourth-order valence-electron chi connectivity index (χ4n) is 8.56. The van der Waals surface area contributed by atoms with Crippen molar-refractivity contribution < 1.29 is 58.9 Å². The molecule has 16 nitrogen and oxygen atoms in total. The SMILES string of the molecule is CO[C@@H]1/C=C\O[C@@]2(C)Oc3c(C)c(O)c4c(O)c(c(C=NN5CCN(CC(C)C)CC5)c(O)c4c3C2=O)NC(=O)/C(C)=C\C=C/[C@H](C)[C@H](O)[C@H](C)[C@H](O)[C@H](C)[C@@H](OC(C)=O)[C@H]1C. The highest BCUT2D eigenvalue weighted by atomic mass is 16.7. The quantitative estimate of drug-likeness (QED) is 0.0933. The first-order valence-electron chi connectivity index (χ1n) is 21.2. The third kappa shape index (κ3) is 9.73. The van der Waals surface area contributed by atoms with Crippen molar-refractivity contribution in [1.82, 2.24) is 9.91 Å². The minimum absolute atomic E-state index is 0.0576. The summed E-state index contributed by atoms with van der Waals surface area (Å²) < 4.78 is 23.7. The van der Waals surface area contributed by atoms with Gasteiger partial charge in [-0.2, -0.15) is 5.10 Å². The molecule has 62 heavy (non-hydrogen) atoms. The highest BCUT2D eigenvalue weighted by Crippen LogP contribution is 2.55. The van der Waals surface area contributed by atoms with Gasteiger partial charge < -0.3 is 49.8 Å². The summed E-state index contributed by atoms with van der Waals surface area (Å²) in [6.45, 7) is 20.4. The highest BCUT2D eigenvalue weighted by molar-refractivity contribution is 6.23. The second-order valence-electron chi connectivity index (χ2n) is 17.5. The molecular weight excluding hydrogens is 801 g/mol. The maximum absolute atomic E-state index is 14.5. The molecule has 4 heterocycles. The normalized spacial score (nSPS) is 31.2. The Morgan fingerprint density at radius 1 is 0.968 bits per heavy atom. The van der Waals surface area contributed by atoms with Crippen molar-refractivity contribution in [3.05, 3.63) is 52.8 Å². The molecule has 340 valence electrons. The molecule has 0 aromatic heterocycles. The first kappa shape index (κ1) is 47.9. The van der Waals surface area contributed by atoms with E-state index < -0.39 is 88.8 Å². The number of esters is 1. The number of amides is 1. The van der Waals surface area contributed by atoms with Crippen LogP contribution in [0.1, 0.15) is 83.8 Å². The van der Waals surface area contributed by atoms with Crippen molar-refractivity contribution in [1.29, 1.82) is 0 Å². The molecule has 6 rings (SSSR count). The van der Waals surface area contributed by atoms with Gasteiger partial charge in [0.15, 0.2) is 5.75 Å². The van der Waals surface area contributed by atoms with E-state index in [0.29, 0.717) is 19.0 Å². The van der Waals surface area contributed by atoms with Crippen LogP contribution in [-0.4, -0.2) is 129 Å². The number of allylic oxidation sites excluding steroid dienone is 2. The van der Waals surface area contributed by atoms with Crippen LogP contribution < -0.4 is 10.1 Å². The number of phenols is 3. The second kappa shape index (κ2) is 19.5. The van der Waals surface area contributed by atoms with Crippen molar-refractivity contribution in [3.63, 3.8) is 0 Å². The number of fused-ring (bicyclic) bond motifs is 14. The number of nitrogens with zero attached hydrogens (tertiary/aromatic N) is 3. The molecule has 2 aromatic rings. The number of anilines is 1. The number of Topliss-reactive ketones (excluding diaryl/α,β-unsaturated/α-hetero) is 1. The van der Waals surface area contributed by atoms with Gasteiger partial charge in [0.1, 0.15) is 23.4 Å². The molecule has 5 bridgehead atoms. The Morgan fingerprint density at radius 2 is 1.63 bits per heavy atom. The smallest absolute Gasteiger partial charge is 0.312 e. The number of carbonyl (C=O) groups excluding carboxylic acids is 3. The molecule has 1 fully saturated rings. The van der Waals surface area contributed by atoms with Crippen LogP contribution >= 0.6 is 0 Å². The lowest BCUT2D eigenvalue weighted by Crippen LogP contribution is -2.46. The first-order chi connectivity index (χ1) is 29.1. The number of aliphatic hydroxyl groups excluding tert-OH is 2. The number of nitrogens with one attached hydrogen (secondary N) is 1. The number of rotatable bonds is 6. The van der Waals surface area contributed by atoms with Crippen LogP contribution in [0, 0.1) is 36.5 Å². The van der Waals surface area contributed by atoms with Gasteiger partial charge in [0.2, 0.25) is 0 Å². The van der Waals surface area contributed by atoms with E-state index in [9.17, 15) is 39.9 Å². The van der Waals surface area contributed by atoms with E-state index in [2.05, 4.69) is 29.2 Å². The molecule has 1 amide bonds. The zero-order valence-corrected chi connectivity index (χ0v) is 37.6. The molecule has 9 atom stereocenters. The van der Waals surface area contributed by atoms with E-state index in [-0.39, 0.29) is 44.5 Å². The van der Waals surface area contributed by atoms with Crippen LogP contribution in [0.25, 0.3) is 10.8 Å². The zero-order chi connectivity index (χ0) is 46.0. The Kier molecular flexibility index (Phi) is 15.0. The van der Waals surface area contributed by atoms with Crippen LogP contribution in [0.5, 0.6) is 23.0 Å². The Labute approximate surface area is 363 Å². The summed E-state index contributed by atoms with van der Waals surface area (Å²) in [6, 6.07) is 0. The zero-order valence-electron chi connectivity index (χ0n) is 37.6. The van der Waals surface area contributed by atoms with Gasteiger partial charge >= 0.3 is 11.8 Å². The first-order valence-corrected chi connectivity index (χ1v) is 21.2. The van der Waals surface area contributed by atoms with Gasteiger partial charge in [-0.3, -0.25) is 24.3 Å². The molecule has 4 aliphatic heterocycles. The third-order valence-electron chi connectivity index (χ3n) is 12.4. The van der Waals surface area contributed by atoms with E-state index in [1.54, 1.807) is 44.9 Å².